The number of sulfonamides is 1. The highest BCUT2D eigenvalue weighted by molar-refractivity contribution is 7.89. The summed E-state index contributed by atoms with van der Waals surface area (Å²) >= 11 is 0. The lowest BCUT2D eigenvalue weighted by Gasteiger charge is -2.19. The molecule has 1 heterocycles. The molecule has 9 heteroatoms. The van der Waals surface area contributed by atoms with E-state index in [-0.39, 0.29) is 36.6 Å². The molecule has 0 saturated heterocycles. The van der Waals surface area contributed by atoms with Gasteiger partial charge in [0, 0.05) is 39.2 Å². The highest BCUT2D eigenvalue weighted by atomic mass is 32.2. The predicted octanol–water partition coefficient (Wildman–Crippen LogP) is -0.180. The first-order chi connectivity index (χ1) is 8.93. The summed E-state index contributed by atoms with van der Waals surface area (Å²) < 4.78 is 27.1. The molecular formula is C10H14N6O2S. The van der Waals surface area contributed by atoms with Crippen molar-refractivity contribution in [2.45, 2.75) is 17.7 Å². The van der Waals surface area contributed by atoms with Crippen molar-refractivity contribution < 1.29 is 8.42 Å². The van der Waals surface area contributed by atoms with E-state index in [1.807, 2.05) is 12.1 Å². The minimum atomic E-state index is -3.83. The van der Waals surface area contributed by atoms with Crippen LogP contribution in [0.5, 0.6) is 0 Å². The molecule has 0 atom stereocenters. The first-order valence-electron chi connectivity index (χ1n) is 5.46. The number of hydrogen-bond acceptors (Lipinski definition) is 6. The lowest BCUT2D eigenvalue weighted by Crippen LogP contribution is -2.33. The third-order valence-electron chi connectivity index (χ3n) is 2.39. The summed E-state index contributed by atoms with van der Waals surface area (Å²) in [7, 11) is -2.27. The highest BCUT2D eigenvalue weighted by Gasteiger charge is 2.28. The van der Waals surface area contributed by atoms with Crippen molar-refractivity contribution in [3.8, 4) is 12.1 Å². The zero-order valence-electron chi connectivity index (χ0n) is 10.4. The monoisotopic (exact) mass is 282 g/mol. The van der Waals surface area contributed by atoms with Crippen LogP contribution in [0.3, 0.4) is 0 Å². The van der Waals surface area contributed by atoms with Crippen LogP contribution in [-0.4, -0.2) is 35.6 Å². The molecule has 0 radical (unpaired) electrons. The van der Waals surface area contributed by atoms with Gasteiger partial charge in [-0.2, -0.15) is 19.9 Å². The van der Waals surface area contributed by atoms with Crippen LogP contribution in [0.15, 0.2) is 11.1 Å². The van der Waals surface area contributed by atoms with Gasteiger partial charge in [-0.05, 0) is 0 Å². The van der Waals surface area contributed by atoms with Crippen LogP contribution < -0.4 is 5.73 Å². The molecule has 19 heavy (non-hydrogen) atoms. The Hall–Kier alpha value is -2.10. The van der Waals surface area contributed by atoms with Gasteiger partial charge in [0.25, 0.3) is 0 Å². The normalized spacial score (nSPS) is 11.2. The maximum atomic E-state index is 12.4. The molecule has 0 unspecified atom stereocenters. The van der Waals surface area contributed by atoms with E-state index in [4.69, 9.17) is 16.3 Å². The van der Waals surface area contributed by atoms with Gasteiger partial charge in [-0.1, -0.05) is 0 Å². The lowest BCUT2D eigenvalue weighted by molar-refractivity contribution is 0.425. The first kappa shape index (κ1) is 15.0. The maximum absolute atomic E-state index is 12.4. The molecule has 0 aliphatic heterocycles. The molecule has 1 aromatic rings. The number of aromatic nitrogens is 2. The summed E-state index contributed by atoms with van der Waals surface area (Å²) in [5.41, 5.74) is 5.55. The Morgan fingerprint density at radius 1 is 1.37 bits per heavy atom. The summed E-state index contributed by atoms with van der Waals surface area (Å²) in [6.07, 6.45) is 1.39. The Balaban J connectivity index is 3.09. The van der Waals surface area contributed by atoms with Crippen molar-refractivity contribution in [3.05, 3.63) is 6.20 Å². The average Bonchev–Trinajstić information content (AvgIpc) is 2.69. The molecule has 0 saturated carbocycles. The Morgan fingerprint density at radius 3 is 2.26 bits per heavy atom. The second-order valence-corrected chi connectivity index (χ2v) is 5.68. The van der Waals surface area contributed by atoms with E-state index in [0.717, 1.165) is 4.31 Å². The maximum Gasteiger partial charge on any atom is 0.248 e. The van der Waals surface area contributed by atoms with Gasteiger partial charge in [0.05, 0.1) is 12.1 Å². The number of rotatable bonds is 6. The summed E-state index contributed by atoms with van der Waals surface area (Å²) in [5.74, 6) is -0.0959. The average molecular weight is 282 g/mol. The second-order valence-electron chi connectivity index (χ2n) is 3.77. The zero-order chi connectivity index (χ0) is 14.5. The van der Waals surface area contributed by atoms with Crippen LogP contribution in [0.1, 0.15) is 12.8 Å². The van der Waals surface area contributed by atoms with Gasteiger partial charge in [-0.15, -0.1) is 0 Å². The van der Waals surface area contributed by atoms with Crippen LogP contribution in [0.25, 0.3) is 0 Å². The zero-order valence-corrected chi connectivity index (χ0v) is 11.3. The largest absolute Gasteiger partial charge is 0.381 e. The van der Waals surface area contributed by atoms with Crippen LogP contribution >= 0.6 is 0 Å². The number of aryl methyl sites for hydroxylation is 1. The van der Waals surface area contributed by atoms with Gasteiger partial charge in [-0.3, -0.25) is 4.68 Å². The Bertz CT molecular complexity index is 603. The molecule has 0 aliphatic carbocycles. The smallest absolute Gasteiger partial charge is 0.248 e. The van der Waals surface area contributed by atoms with Crippen molar-refractivity contribution >= 4 is 15.8 Å². The molecule has 0 fully saturated rings. The van der Waals surface area contributed by atoms with Crippen LogP contribution in [-0.2, 0) is 17.1 Å². The summed E-state index contributed by atoms with van der Waals surface area (Å²) in [4.78, 5) is -0.106. The fourth-order valence-corrected chi connectivity index (χ4v) is 3.06. The molecule has 8 nitrogen and oxygen atoms in total. The summed E-state index contributed by atoms with van der Waals surface area (Å²) in [6, 6.07) is 3.75. The van der Waals surface area contributed by atoms with E-state index in [9.17, 15) is 8.42 Å². The van der Waals surface area contributed by atoms with Gasteiger partial charge in [0.1, 0.15) is 4.90 Å². The Morgan fingerprint density at radius 2 is 1.89 bits per heavy atom. The summed E-state index contributed by atoms with van der Waals surface area (Å²) in [5, 5.41) is 20.9. The molecule has 1 aromatic heterocycles. The van der Waals surface area contributed by atoms with E-state index in [1.54, 1.807) is 7.05 Å². The van der Waals surface area contributed by atoms with Gasteiger partial charge >= 0.3 is 0 Å². The number of anilines is 1. The molecule has 0 aromatic carbocycles. The first-order valence-corrected chi connectivity index (χ1v) is 6.90. The third-order valence-corrected chi connectivity index (χ3v) is 4.30. The van der Waals surface area contributed by atoms with Crippen molar-refractivity contribution in [3.63, 3.8) is 0 Å². The number of nitrogen functional groups attached to an aromatic ring is 1. The van der Waals surface area contributed by atoms with Gasteiger partial charge in [0.2, 0.25) is 10.0 Å². The molecular weight excluding hydrogens is 268 g/mol. The fourth-order valence-electron chi connectivity index (χ4n) is 1.52. The van der Waals surface area contributed by atoms with E-state index in [2.05, 4.69) is 5.10 Å². The number of hydrogen-bond donors (Lipinski definition) is 1. The van der Waals surface area contributed by atoms with Crippen molar-refractivity contribution in [2.75, 3.05) is 18.8 Å². The number of nitrogens with two attached hydrogens (primary N) is 1. The minimum absolute atomic E-state index is 0.0227. The minimum Gasteiger partial charge on any atom is -0.381 e. The fraction of sp³-hybridized carbons (Fsp3) is 0.500. The van der Waals surface area contributed by atoms with Crippen LogP contribution in [0.4, 0.5) is 5.82 Å². The molecule has 1 rings (SSSR count). The molecule has 2 N–H and O–H groups in total. The van der Waals surface area contributed by atoms with Crippen molar-refractivity contribution in [2.24, 2.45) is 7.05 Å². The van der Waals surface area contributed by atoms with Crippen LogP contribution in [0.2, 0.25) is 0 Å². The van der Waals surface area contributed by atoms with Crippen molar-refractivity contribution in [1.82, 2.24) is 14.1 Å². The third kappa shape index (κ3) is 3.44. The molecule has 0 aliphatic rings. The van der Waals surface area contributed by atoms with Gasteiger partial charge in [0.15, 0.2) is 5.82 Å². The van der Waals surface area contributed by atoms with E-state index in [1.165, 1.54) is 10.9 Å². The molecule has 0 spiro atoms. The topological polar surface area (TPSA) is 129 Å². The van der Waals surface area contributed by atoms with E-state index < -0.39 is 10.0 Å². The van der Waals surface area contributed by atoms with Gasteiger partial charge < -0.3 is 5.73 Å². The molecule has 0 bridgehead atoms. The SMILES string of the molecule is Cn1cc(S(=O)(=O)N(CCC#N)CCC#N)c(N)n1. The quantitative estimate of drug-likeness (QED) is 0.770. The summed E-state index contributed by atoms with van der Waals surface area (Å²) in [6.45, 7) is 0.0453. The standard InChI is InChI=1S/C10H14N6O2S/c1-15-8-9(10(13)14-15)19(17,18)16(6-2-4-11)7-3-5-12/h8H,2-3,6-7H2,1H3,(H2,13,14). The van der Waals surface area contributed by atoms with Crippen molar-refractivity contribution in [1.29, 1.82) is 10.5 Å². The second kappa shape index (κ2) is 6.18. The Kier molecular flexibility index (Phi) is 4.87. The molecule has 0 amide bonds. The molecule has 102 valence electrons. The van der Waals surface area contributed by atoms with Gasteiger partial charge in [-0.25, -0.2) is 8.42 Å². The lowest BCUT2D eigenvalue weighted by atomic mass is 10.4. The van der Waals surface area contributed by atoms with E-state index in [0.29, 0.717) is 0 Å². The number of nitrogens with zero attached hydrogens (tertiary/aromatic N) is 5. The van der Waals surface area contributed by atoms with Crippen LogP contribution in [0, 0.1) is 22.7 Å². The predicted molar refractivity (Wildman–Crippen MR) is 66.8 cm³/mol. The highest BCUT2D eigenvalue weighted by Crippen LogP contribution is 2.21. The van der Waals surface area contributed by atoms with E-state index >= 15 is 0 Å². The number of nitriles is 2. The Labute approximate surface area is 111 Å².